The summed E-state index contributed by atoms with van der Waals surface area (Å²) in [7, 11) is -3.15. The van der Waals surface area contributed by atoms with Crippen LogP contribution in [0.1, 0.15) is 51.9 Å². The first-order chi connectivity index (χ1) is 10.3. The average molecular weight is 370 g/mol. The van der Waals surface area contributed by atoms with Gasteiger partial charge in [-0.15, -0.1) is 12.4 Å². The molecule has 1 saturated carbocycles. The maximum absolute atomic E-state index is 12.1. The number of hydrogen-bond donors (Lipinski definition) is 2. The van der Waals surface area contributed by atoms with E-state index < -0.39 is 10.0 Å². The van der Waals surface area contributed by atoms with E-state index in [4.69, 9.17) is 5.73 Å². The van der Waals surface area contributed by atoms with Gasteiger partial charge in [-0.2, -0.15) is 0 Å². The third-order valence-electron chi connectivity index (χ3n) is 4.61. The maximum Gasteiger partial charge on any atom is 0.220 e. The fourth-order valence-corrected chi connectivity index (χ4v) is 4.13. The van der Waals surface area contributed by atoms with Gasteiger partial charge >= 0.3 is 0 Å². The van der Waals surface area contributed by atoms with Crippen LogP contribution < -0.4 is 11.1 Å². The average Bonchev–Trinajstić information content (AvgIpc) is 2.46. The van der Waals surface area contributed by atoms with E-state index in [1.165, 1.54) is 17.0 Å². The molecule has 3 N–H and O–H groups in total. The topological polar surface area (TPSA) is 92.5 Å². The number of nitrogens with two attached hydrogens (primary N) is 1. The molecule has 0 heterocycles. The molecule has 1 fully saturated rings. The molecule has 23 heavy (non-hydrogen) atoms. The Labute approximate surface area is 147 Å². The fourth-order valence-electron chi connectivity index (χ4n) is 3.20. The summed E-state index contributed by atoms with van der Waals surface area (Å²) in [6.07, 6.45) is 7.96. The predicted octanol–water partition coefficient (Wildman–Crippen LogP) is 1.50. The van der Waals surface area contributed by atoms with Crippen molar-refractivity contribution in [2.75, 3.05) is 32.4 Å². The van der Waals surface area contributed by atoms with E-state index in [-0.39, 0.29) is 23.7 Å². The Bertz CT molecular complexity index is 451. The molecule has 0 spiro atoms. The van der Waals surface area contributed by atoms with Crippen molar-refractivity contribution in [2.45, 2.75) is 51.9 Å². The second-order valence-electron chi connectivity index (χ2n) is 6.40. The number of hydrogen-bond acceptors (Lipinski definition) is 4. The van der Waals surface area contributed by atoms with Crippen molar-refractivity contribution in [3.63, 3.8) is 0 Å². The number of carbonyl (C=O) groups excluding carboxylic acids is 1. The van der Waals surface area contributed by atoms with Gasteiger partial charge in [-0.3, -0.25) is 4.79 Å². The second-order valence-corrected chi connectivity index (χ2v) is 8.38. The highest BCUT2D eigenvalue weighted by Crippen LogP contribution is 2.38. The van der Waals surface area contributed by atoms with Crippen molar-refractivity contribution in [3.05, 3.63) is 0 Å². The molecular formula is C15H32ClN3O3S. The molecule has 0 aromatic heterocycles. The lowest BCUT2D eigenvalue weighted by Gasteiger charge is -2.35. The minimum atomic E-state index is -3.15. The van der Waals surface area contributed by atoms with Crippen molar-refractivity contribution < 1.29 is 13.2 Å². The highest BCUT2D eigenvalue weighted by Gasteiger charge is 2.32. The largest absolute Gasteiger partial charge is 0.356 e. The van der Waals surface area contributed by atoms with Crippen LogP contribution in [0.15, 0.2) is 0 Å². The molecule has 6 nitrogen and oxygen atoms in total. The number of nitrogens with one attached hydrogen (secondary N) is 1. The van der Waals surface area contributed by atoms with Gasteiger partial charge in [0.05, 0.1) is 6.26 Å². The van der Waals surface area contributed by atoms with Crippen LogP contribution in [0.25, 0.3) is 0 Å². The zero-order valence-corrected chi connectivity index (χ0v) is 16.0. The number of halogens is 1. The molecule has 138 valence electrons. The maximum atomic E-state index is 12.1. The van der Waals surface area contributed by atoms with Crippen molar-refractivity contribution in [1.82, 2.24) is 9.62 Å². The van der Waals surface area contributed by atoms with Gasteiger partial charge in [-0.05, 0) is 31.2 Å². The van der Waals surface area contributed by atoms with Crippen LogP contribution in [-0.4, -0.2) is 51.1 Å². The summed E-state index contributed by atoms with van der Waals surface area (Å²) in [6, 6.07) is 0. The summed E-state index contributed by atoms with van der Waals surface area (Å²) in [5.74, 6) is 0.0368. The van der Waals surface area contributed by atoms with E-state index in [1.54, 1.807) is 0 Å². The standard InChI is InChI=1S/C15H31N3O3S.ClH/c1-3-18(22(2,20)21)11-7-10-17-14(19)12-15(13-16)8-5-4-6-9-15;/h3-13,16H2,1-2H3,(H,17,19);1H. The monoisotopic (exact) mass is 369 g/mol. The van der Waals surface area contributed by atoms with Crippen molar-refractivity contribution in [2.24, 2.45) is 11.1 Å². The number of rotatable bonds is 9. The molecule has 0 aromatic carbocycles. The third kappa shape index (κ3) is 7.83. The van der Waals surface area contributed by atoms with E-state index in [0.29, 0.717) is 39.0 Å². The molecule has 0 atom stereocenters. The SMILES string of the molecule is CCN(CCCNC(=O)CC1(CN)CCCCC1)S(C)(=O)=O.Cl. The molecule has 0 radical (unpaired) electrons. The number of sulfonamides is 1. The van der Waals surface area contributed by atoms with Crippen LogP contribution in [-0.2, 0) is 14.8 Å². The Morgan fingerprint density at radius 3 is 2.35 bits per heavy atom. The smallest absolute Gasteiger partial charge is 0.220 e. The second kappa shape index (κ2) is 10.5. The Balaban J connectivity index is 0.00000484. The fraction of sp³-hybridized carbons (Fsp3) is 0.933. The molecule has 0 saturated heterocycles. The zero-order valence-electron chi connectivity index (χ0n) is 14.3. The molecular weight excluding hydrogens is 338 g/mol. The first kappa shape index (κ1) is 22.6. The van der Waals surface area contributed by atoms with Crippen LogP contribution in [0.2, 0.25) is 0 Å². The van der Waals surface area contributed by atoms with Gasteiger partial charge in [0, 0.05) is 26.1 Å². The van der Waals surface area contributed by atoms with Gasteiger partial charge in [0.15, 0.2) is 0 Å². The first-order valence-corrected chi connectivity index (χ1v) is 10.1. The lowest BCUT2D eigenvalue weighted by atomic mass is 9.71. The van der Waals surface area contributed by atoms with Crippen LogP contribution in [0, 0.1) is 5.41 Å². The van der Waals surface area contributed by atoms with E-state index in [2.05, 4.69) is 5.32 Å². The van der Waals surface area contributed by atoms with Crippen molar-refractivity contribution in [3.8, 4) is 0 Å². The minimum Gasteiger partial charge on any atom is -0.356 e. The molecule has 0 bridgehead atoms. The number of amides is 1. The van der Waals surface area contributed by atoms with Gasteiger partial charge in [0.2, 0.25) is 15.9 Å². The van der Waals surface area contributed by atoms with E-state index in [1.807, 2.05) is 6.92 Å². The van der Waals surface area contributed by atoms with Crippen molar-refractivity contribution >= 4 is 28.3 Å². The highest BCUT2D eigenvalue weighted by atomic mass is 35.5. The molecule has 0 aromatic rings. The highest BCUT2D eigenvalue weighted by molar-refractivity contribution is 7.88. The van der Waals surface area contributed by atoms with Gasteiger partial charge in [0.1, 0.15) is 0 Å². The molecule has 1 amide bonds. The van der Waals surface area contributed by atoms with Crippen LogP contribution in [0.3, 0.4) is 0 Å². The summed E-state index contributed by atoms with van der Waals surface area (Å²) in [5, 5.41) is 2.90. The summed E-state index contributed by atoms with van der Waals surface area (Å²) in [5.41, 5.74) is 5.87. The lowest BCUT2D eigenvalue weighted by Crippen LogP contribution is -2.39. The normalized spacial score (nSPS) is 17.6. The van der Waals surface area contributed by atoms with E-state index in [9.17, 15) is 13.2 Å². The van der Waals surface area contributed by atoms with Gasteiger partial charge in [0.25, 0.3) is 0 Å². The summed E-state index contributed by atoms with van der Waals surface area (Å²) in [4.78, 5) is 12.1. The summed E-state index contributed by atoms with van der Waals surface area (Å²) >= 11 is 0. The molecule has 0 unspecified atom stereocenters. The zero-order chi connectivity index (χ0) is 16.6. The molecule has 1 rings (SSSR count). The van der Waals surface area contributed by atoms with Crippen molar-refractivity contribution in [1.29, 1.82) is 0 Å². The summed E-state index contributed by atoms with van der Waals surface area (Å²) < 4.78 is 24.3. The Morgan fingerprint density at radius 1 is 1.26 bits per heavy atom. The van der Waals surface area contributed by atoms with E-state index in [0.717, 1.165) is 25.7 Å². The molecule has 1 aliphatic carbocycles. The number of nitrogens with zero attached hydrogens (tertiary/aromatic N) is 1. The predicted molar refractivity (Wildman–Crippen MR) is 96.2 cm³/mol. The first-order valence-electron chi connectivity index (χ1n) is 8.25. The quantitative estimate of drug-likeness (QED) is 0.602. The lowest BCUT2D eigenvalue weighted by molar-refractivity contribution is -0.123. The Morgan fingerprint density at radius 2 is 1.87 bits per heavy atom. The minimum absolute atomic E-state index is 0. The van der Waals surface area contributed by atoms with Gasteiger partial charge in [-0.1, -0.05) is 26.2 Å². The van der Waals surface area contributed by atoms with Gasteiger partial charge in [-0.25, -0.2) is 12.7 Å². The van der Waals surface area contributed by atoms with E-state index >= 15 is 0 Å². The van der Waals surface area contributed by atoms with Crippen LogP contribution >= 0.6 is 12.4 Å². The molecule has 1 aliphatic rings. The third-order valence-corrected chi connectivity index (χ3v) is 5.99. The number of carbonyl (C=O) groups is 1. The Kier molecular flexibility index (Phi) is 10.3. The molecule has 8 heteroatoms. The summed E-state index contributed by atoms with van der Waals surface area (Å²) in [6.45, 7) is 3.79. The molecule has 0 aliphatic heterocycles. The van der Waals surface area contributed by atoms with Crippen LogP contribution in [0.4, 0.5) is 0 Å². The van der Waals surface area contributed by atoms with Gasteiger partial charge < -0.3 is 11.1 Å². The Hall–Kier alpha value is -0.370. The van der Waals surface area contributed by atoms with Crippen LogP contribution in [0.5, 0.6) is 0 Å².